The fourth-order valence-electron chi connectivity index (χ4n) is 3.89. The third kappa shape index (κ3) is 4.36. The van der Waals surface area contributed by atoms with Crippen LogP contribution in [-0.2, 0) is 28.2 Å². The number of halogens is 1. The Morgan fingerprint density at radius 1 is 0.972 bits per heavy atom. The Kier molecular flexibility index (Phi) is 7.82. The summed E-state index contributed by atoms with van der Waals surface area (Å²) in [7, 11) is 7.23. The van der Waals surface area contributed by atoms with Crippen LogP contribution in [0.3, 0.4) is 0 Å². The van der Waals surface area contributed by atoms with Crippen molar-refractivity contribution < 1.29 is 19.7 Å². The number of aromatic nitrogens is 4. The normalized spacial score (nSPS) is 11.1. The zero-order valence-electron chi connectivity index (χ0n) is 20.2. The minimum Gasteiger partial charge on any atom is -0.494 e. The molecule has 0 fully saturated rings. The molecule has 3 rings (SSSR count). The zero-order valence-corrected chi connectivity index (χ0v) is 22.6. The molecular weight excluding hydrogens is 528 g/mol. The van der Waals surface area contributed by atoms with Gasteiger partial charge in [0.25, 0.3) is 11.1 Å². The van der Waals surface area contributed by atoms with Crippen molar-refractivity contribution in [3.63, 3.8) is 0 Å². The van der Waals surface area contributed by atoms with E-state index in [9.17, 15) is 19.8 Å². The van der Waals surface area contributed by atoms with Crippen LogP contribution in [0.4, 0.5) is 0 Å². The molecule has 2 aromatic heterocycles. The number of ether oxygens (including phenoxy) is 2. The molecule has 1 aromatic carbocycles. The van der Waals surface area contributed by atoms with Gasteiger partial charge in [-0.2, -0.15) is 0 Å². The van der Waals surface area contributed by atoms with Crippen molar-refractivity contribution in [3.05, 3.63) is 76.8 Å². The van der Waals surface area contributed by atoms with Gasteiger partial charge < -0.3 is 19.7 Å². The van der Waals surface area contributed by atoms with Gasteiger partial charge in [-0.25, -0.2) is 0 Å². The molecule has 0 radical (unpaired) electrons. The molecule has 2 N–H and O–H groups in total. The first kappa shape index (κ1) is 27.2. The van der Waals surface area contributed by atoms with Gasteiger partial charge >= 0.3 is 0 Å². The summed E-state index contributed by atoms with van der Waals surface area (Å²) in [6.07, 6.45) is 1.53. The van der Waals surface area contributed by atoms with Crippen LogP contribution in [0, 0.1) is 9.54 Å². The van der Waals surface area contributed by atoms with E-state index in [1.54, 1.807) is 0 Å². The summed E-state index contributed by atoms with van der Waals surface area (Å²) in [4.78, 5) is 26.9. The van der Waals surface area contributed by atoms with Gasteiger partial charge in [0, 0.05) is 28.2 Å². The standard InChI is InChI=1S/C23H25ClN4O6S2/c1-7-8-34-17-12(24)9-11(10-13(17)33-6)14(15-18(29)25(2)22(35)26(3)19(15)30)16-20(31)27(4)23(36)28(5)21(16)32/h7,9-10,14,29,31H,1,8H2,2-6H3. The van der Waals surface area contributed by atoms with Crippen molar-refractivity contribution in [2.75, 3.05) is 13.7 Å². The van der Waals surface area contributed by atoms with Crippen molar-refractivity contribution in [1.82, 2.24) is 18.3 Å². The summed E-state index contributed by atoms with van der Waals surface area (Å²) in [5.74, 6) is -1.85. The number of hydrogen-bond acceptors (Lipinski definition) is 8. The minimum atomic E-state index is -1.30. The molecule has 3 aromatic rings. The van der Waals surface area contributed by atoms with Crippen LogP contribution in [0.25, 0.3) is 0 Å². The first-order chi connectivity index (χ1) is 16.9. The molecule has 192 valence electrons. The van der Waals surface area contributed by atoms with E-state index in [0.717, 1.165) is 9.13 Å². The number of methoxy groups -OCH3 is 1. The van der Waals surface area contributed by atoms with E-state index in [0.29, 0.717) is 0 Å². The fourth-order valence-corrected chi connectivity index (χ4v) is 4.50. The maximum atomic E-state index is 13.5. The molecule has 0 spiro atoms. The largest absolute Gasteiger partial charge is 0.494 e. The Labute approximate surface area is 221 Å². The van der Waals surface area contributed by atoms with Gasteiger partial charge in [-0.3, -0.25) is 27.9 Å². The highest BCUT2D eigenvalue weighted by molar-refractivity contribution is 7.71. The Morgan fingerprint density at radius 2 is 1.44 bits per heavy atom. The molecule has 0 aliphatic rings. The summed E-state index contributed by atoms with van der Waals surface area (Å²) in [6, 6.07) is 2.98. The molecule has 10 nitrogen and oxygen atoms in total. The molecular formula is C23H25ClN4O6S2. The highest BCUT2D eigenvalue weighted by Crippen LogP contribution is 2.43. The zero-order chi connectivity index (χ0) is 27.1. The van der Waals surface area contributed by atoms with E-state index in [1.165, 1.54) is 62.6 Å². The summed E-state index contributed by atoms with van der Waals surface area (Å²) in [5.41, 5.74) is -1.51. The predicted octanol–water partition coefficient (Wildman–Crippen LogP) is 3.04. The van der Waals surface area contributed by atoms with Gasteiger partial charge in [0.1, 0.15) is 6.61 Å². The molecule has 0 unspecified atom stereocenters. The van der Waals surface area contributed by atoms with Gasteiger partial charge in [0.2, 0.25) is 11.8 Å². The predicted molar refractivity (Wildman–Crippen MR) is 141 cm³/mol. The molecule has 2 heterocycles. The van der Waals surface area contributed by atoms with E-state index in [2.05, 4.69) is 6.58 Å². The highest BCUT2D eigenvalue weighted by Gasteiger charge is 2.33. The van der Waals surface area contributed by atoms with Crippen LogP contribution in [0.1, 0.15) is 22.6 Å². The summed E-state index contributed by atoms with van der Waals surface area (Å²) >= 11 is 17.0. The van der Waals surface area contributed by atoms with E-state index in [-0.39, 0.29) is 49.4 Å². The van der Waals surface area contributed by atoms with Crippen LogP contribution >= 0.6 is 36.0 Å². The van der Waals surface area contributed by atoms with Gasteiger partial charge in [0.05, 0.1) is 29.2 Å². The van der Waals surface area contributed by atoms with E-state index >= 15 is 0 Å². The lowest BCUT2D eigenvalue weighted by Gasteiger charge is -2.24. The smallest absolute Gasteiger partial charge is 0.262 e. The first-order valence-corrected chi connectivity index (χ1v) is 11.7. The average Bonchev–Trinajstić information content (AvgIpc) is 2.86. The van der Waals surface area contributed by atoms with Crippen molar-refractivity contribution in [2.45, 2.75) is 5.92 Å². The Hall–Kier alpha value is -3.35. The van der Waals surface area contributed by atoms with Crippen molar-refractivity contribution in [2.24, 2.45) is 28.2 Å². The lowest BCUT2D eigenvalue weighted by atomic mass is 9.86. The maximum absolute atomic E-state index is 13.5. The van der Waals surface area contributed by atoms with Crippen LogP contribution in [0.2, 0.25) is 5.02 Å². The molecule has 0 aliphatic carbocycles. The summed E-state index contributed by atoms with van der Waals surface area (Å²) in [6.45, 7) is 3.76. The van der Waals surface area contributed by atoms with E-state index < -0.39 is 28.8 Å². The van der Waals surface area contributed by atoms with E-state index in [4.69, 9.17) is 45.5 Å². The minimum absolute atomic E-state index is 0.0485. The summed E-state index contributed by atoms with van der Waals surface area (Å²) < 4.78 is 15.9. The van der Waals surface area contributed by atoms with Crippen LogP contribution in [-0.4, -0.2) is 42.2 Å². The average molecular weight is 553 g/mol. The van der Waals surface area contributed by atoms with Gasteiger partial charge in [0.15, 0.2) is 21.0 Å². The molecule has 36 heavy (non-hydrogen) atoms. The number of benzene rings is 1. The summed E-state index contributed by atoms with van der Waals surface area (Å²) in [5, 5.41) is 22.3. The topological polar surface area (TPSA) is 113 Å². The molecule has 0 saturated heterocycles. The number of hydrogen-bond donors (Lipinski definition) is 2. The molecule has 13 heteroatoms. The van der Waals surface area contributed by atoms with E-state index in [1.807, 2.05) is 0 Å². The number of aromatic hydroxyl groups is 2. The van der Waals surface area contributed by atoms with Crippen molar-refractivity contribution >= 4 is 36.0 Å². The molecule has 0 bridgehead atoms. The number of rotatable bonds is 7. The number of nitrogens with zero attached hydrogens (tertiary/aromatic N) is 4. The molecule has 0 amide bonds. The van der Waals surface area contributed by atoms with Gasteiger partial charge in [-0.05, 0) is 42.1 Å². The maximum Gasteiger partial charge on any atom is 0.262 e. The third-order valence-corrected chi connectivity index (χ3v) is 7.22. The second kappa shape index (κ2) is 10.3. The monoisotopic (exact) mass is 552 g/mol. The molecule has 0 saturated carbocycles. The fraction of sp³-hybridized carbons (Fsp3) is 0.304. The highest BCUT2D eigenvalue weighted by atomic mass is 35.5. The van der Waals surface area contributed by atoms with Gasteiger partial charge in [-0.1, -0.05) is 24.3 Å². The first-order valence-electron chi connectivity index (χ1n) is 10.5. The SMILES string of the molecule is C=CCOc1c(Cl)cc(C(c2c(O)n(C)c(=S)n(C)c2=O)c2c(O)n(C)c(=S)n(C)c2=O)cc1OC. The second-order valence-electron chi connectivity index (χ2n) is 7.95. The Balaban J connectivity index is 2.57. The molecule has 0 atom stereocenters. The second-order valence-corrected chi connectivity index (χ2v) is 9.09. The molecule has 0 aliphatic heterocycles. The lowest BCUT2D eigenvalue weighted by Crippen LogP contribution is -2.33. The van der Waals surface area contributed by atoms with Crippen molar-refractivity contribution in [1.29, 1.82) is 0 Å². The Morgan fingerprint density at radius 3 is 1.86 bits per heavy atom. The van der Waals surface area contributed by atoms with Gasteiger partial charge in [-0.15, -0.1) is 0 Å². The Bertz CT molecular complexity index is 1530. The van der Waals surface area contributed by atoms with Crippen molar-refractivity contribution in [3.8, 4) is 23.3 Å². The lowest BCUT2D eigenvalue weighted by molar-refractivity contribution is 0.326. The quantitative estimate of drug-likeness (QED) is 0.340. The van der Waals surface area contributed by atoms with Crippen LogP contribution < -0.4 is 20.6 Å². The van der Waals surface area contributed by atoms with Crippen LogP contribution in [0.15, 0.2) is 34.4 Å². The third-order valence-electron chi connectivity index (χ3n) is 5.84. The van der Waals surface area contributed by atoms with Crippen LogP contribution in [0.5, 0.6) is 23.3 Å².